The number of ether oxygens (including phenoxy) is 1. The SMILES string of the molecule is Cc1ccc(-c2cc(C(=O)OCC(=O)NC3CCCCCC3)c3ccccc3n2)o1. The van der Waals surface area contributed by atoms with Crippen LogP contribution in [0.4, 0.5) is 0 Å². The molecule has 1 aliphatic rings. The Kier molecular flexibility index (Phi) is 6.12. The van der Waals surface area contributed by atoms with Gasteiger partial charge in [0.25, 0.3) is 5.91 Å². The van der Waals surface area contributed by atoms with Crippen molar-refractivity contribution in [2.75, 3.05) is 6.61 Å². The number of amides is 1. The predicted molar refractivity (Wildman–Crippen MR) is 114 cm³/mol. The van der Waals surface area contributed by atoms with Gasteiger partial charge in [0.1, 0.15) is 11.5 Å². The Morgan fingerprint density at radius 3 is 2.60 bits per heavy atom. The number of aromatic nitrogens is 1. The Hall–Kier alpha value is -3.15. The molecule has 1 aliphatic carbocycles. The van der Waals surface area contributed by atoms with Gasteiger partial charge in [-0.15, -0.1) is 0 Å². The van der Waals surface area contributed by atoms with Gasteiger partial charge in [-0.3, -0.25) is 4.79 Å². The summed E-state index contributed by atoms with van der Waals surface area (Å²) < 4.78 is 11.0. The van der Waals surface area contributed by atoms with Crippen molar-refractivity contribution >= 4 is 22.8 Å². The number of fused-ring (bicyclic) bond motifs is 1. The first kappa shape index (κ1) is 20.1. The molecule has 4 rings (SSSR count). The van der Waals surface area contributed by atoms with Gasteiger partial charge in [0.05, 0.1) is 11.1 Å². The summed E-state index contributed by atoms with van der Waals surface area (Å²) in [6.45, 7) is 1.56. The fourth-order valence-electron chi connectivity index (χ4n) is 3.94. The molecule has 0 unspecified atom stereocenters. The number of rotatable bonds is 5. The minimum Gasteiger partial charge on any atom is -0.460 e. The molecule has 30 heavy (non-hydrogen) atoms. The zero-order valence-electron chi connectivity index (χ0n) is 17.1. The molecule has 2 aromatic heterocycles. The third kappa shape index (κ3) is 4.70. The van der Waals surface area contributed by atoms with E-state index in [-0.39, 0.29) is 18.6 Å². The van der Waals surface area contributed by atoms with Gasteiger partial charge < -0.3 is 14.5 Å². The lowest BCUT2D eigenvalue weighted by atomic mass is 10.1. The number of hydrogen-bond donors (Lipinski definition) is 1. The molecule has 0 atom stereocenters. The molecule has 1 aromatic carbocycles. The molecule has 156 valence electrons. The number of aryl methyl sites for hydroxylation is 1. The van der Waals surface area contributed by atoms with Crippen molar-refractivity contribution in [1.29, 1.82) is 0 Å². The smallest absolute Gasteiger partial charge is 0.339 e. The van der Waals surface area contributed by atoms with E-state index < -0.39 is 5.97 Å². The molecule has 3 aromatic rings. The van der Waals surface area contributed by atoms with Gasteiger partial charge in [-0.05, 0) is 44.0 Å². The predicted octanol–water partition coefficient (Wildman–Crippen LogP) is 4.80. The highest BCUT2D eigenvalue weighted by atomic mass is 16.5. The van der Waals surface area contributed by atoms with E-state index in [4.69, 9.17) is 9.15 Å². The van der Waals surface area contributed by atoms with Crippen molar-refractivity contribution in [3.05, 3.63) is 53.8 Å². The van der Waals surface area contributed by atoms with E-state index in [0.717, 1.165) is 31.4 Å². The first-order valence-corrected chi connectivity index (χ1v) is 10.5. The summed E-state index contributed by atoms with van der Waals surface area (Å²) in [6.07, 6.45) is 6.66. The number of pyridine rings is 1. The Morgan fingerprint density at radius 2 is 1.87 bits per heavy atom. The molecular formula is C24H26N2O4. The highest BCUT2D eigenvalue weighted by Crippen LogP contribution is 2.26. The molecule has 0 saturated heterocycles. The average Bonchev–Trinajstić information content (AvgIpc) is 3.03. The maximum absolute atomic E-state index is 12.8. The van der Waals surface area contributed by atoms with Gasteiger partial charge in [0.2, 0.25) is 0 Å². The van der Waals surface area contributed by atoms with Crippen LogP contribution in [0.15, 0.2) is 46.9 Å². The van der Waals surface area contributed by atoms with Crippen molar-refractivity contribution < 1.29 is 18.7 Å². The Balaban J connectivity index is 1.50. The van der Waals surface area contributed by atoms with Crippen molar-refractivity contribution in [3.63, 3.8) is 0 Å². The first-order chi connectivity index (χ1) is 14.6. The molecule has 1 saturated carbocycles. The van der Waals surface area contributed by atoms with E-state index in [2.05, 4.69) is 10.3 Å². The van der Waals surface area contributed by atoms with Gasteiger partial charge in [0.15, 0.2) is 12.4 Å². The highest BCUT2D eigenvalue weighted by molar-refractivity contribution is 6.05. The minimum atomic E-state index is -0.547. The number of carbonyl (C=O) groups is 2. The van der Waals surface area contributed by atoms with Crippen molar-refractivity contribution in [1.82, 2.24) is 10.3 Å². The van der Waals surface area contributed by atoms with Crippen LogP contribution in [0, 0.1) is 6.92 Å². The second-order valence-electron chi connectivity index (χ2n) is 7.81. The van der Waals surface area contributed by atoms with E-state index in [0.29, 0.717) is 27.9 Å². The number of nitrogens with zero attached hydrogens (tertiary/aromatic N) is 1. The molecule has 6 heteroatoms. The van der Waals surface area contributed by atoms with Crippen molar-refractivity contribution in [3.8, 4) is 11.5 Å². The fourth-order valence-corrected chi connectivity index (χ4v) is 3.94. The van der Waals surface area contributed by atoms with Crippen LogP contribution < -0.4 is 5.32 Å². The molecule has 1 amide bonds. The molecule has 1 N–H and O–H groups in total. The lowest BCUT2D eigenvalue weighted by Crippen LogP contribution is -2.37. The van der Waals surface area contributed by atoms with E-state index in [1.165, 1.54) is 12.8 Å². The average molecular weight is 406 g/mol. The van der Waals surface area contributed by atoms with Crippen LogP contribution in [-0.2, 0) is 9.53 Å². The molecule has 0 bridgehead atoms. The molecule has 0 spiro atoms. The fraction of sp³-hybridized carbons (Fsp3) is 0.375. The zero-order chi connectivity index (χ0) is 20.9. The van der Waals surface area contributed by atoms with E-state index in [1.807, 2.05) is 43.3 Å². The maximum Gasteiger partial charge on any atom is 0.339 e. The number of benzene rings is 1. The van der Waals surface area contributed by atoms with Crippen LogP contribution >= 0.6 is 0 Å². The van der Waals surface area contributed by atoms with Crippen LogP contribution in [0.2, 0.25) is 0 Å². The summed E-state index contributed by atoms with van der Waals surface area (Å²) in [4.78, 5) is 29.7. The van der Waals surface area contributed by atoms with E-state index in [1.54, 1.807) is 6.07 Å². The number of para-hydroxylation sites is 1. The summed E-state index contributed by atoms with van der Waals surface area (Å²) in [5.74, 6) is 0.544. The number of esters is 1. The van der Waals surface area contributed by atoms with Crippen molar-refractivity contribution in [2.24, 2.45) is 0 Å². The van der Waals surface area contributed by atoms with Gasteiger partial charge in [-0.2, -0.15) is 0 Å². The maximum atomic E-state index is 12.8. The molecule has 2 heterocycles. The van der Waals surface area contributed by atoms with Gasteiger partial charge in [-0.1, -0.05) is 43.9 Å². The monoisotopic (exact) mass is 406 g/mol. The van der Waals surface area contributed by atoms with Crippen LogP contribution in [0.1, 0.15) is 54.6 Å². The number of nitrogens with one attached hydrogen (secondary N) is 1. The largest absolute Gasteiger partial charge is 0.460 e. The third-order valence-corrected chi connectivity index (χ3v) is 5.48. The highest BCUT2D eigenvalue weighted by Gasteiger charge is 2.19. The summed E-state index contributed by atoms with van der Waals surface area (Å²) in [6, 6.07) is 12.9. The number of hydrogen-bond acceptors (Lipinski definition) is 5. The summed E-state index contributed by atoms with van der Waals surface area (Å²) in [5, 5.41) is 3.68. The van der Waals surface area contributed by atoms with Gasteiger partial charge in [0, 0.05) is 11.4 Å². The Bertz CT molecular complexity index is 1050. The quantitative estimate of drug-likeness (QED) is 0.486. The van der Waals surface area contributed by atoms with Gasteiger partial charge >= 0.3 is 5.97 Å². The summed E-state index contributed by atoms with van der Waals surface area (Å²) in [7, 11) is 0. The summed E-state index contributed by atoms with van der Waals surface area (Å²) >= 11 is 0. The Labute approximate surface area is 175 Å². The molecule has 6 nitrogen and oxygen atoms in total. The lowest BCUT2D eigenvalue weighted by molar-refractivity contribution is -0.125. The van der Waals surface area contributed by atoms with E-state index in [9.17, 15) is 9.59 Å². The second kappa shape index (κ2) is 9.11. The topological polar surface area (TPSA) is 81.4 Å². The molecule has 0 radical (unpaired) electrons. The van der Waals surface area contributed by atoms with Crippen LogP contribution in [0.25, 0.3) is 22.4 Å². The number of furan rings is 1. The van der Waals surface area contributed by atoms with Gasteiger partial charge in [-0.25, -0.2) is 9.78 Å². The molecular weight excluding hydrogens is 380 g/mol. The second-order valence-corrected chi connectivity index (χ2v) is 7.81. The summed E-state index contributed by atoms with van der Waals surface area (Å²) in [5.41, 5.74) is 1.59. The zero-order valence-corrected chi connectivity index (χ0v) is 17.1. The molecule has 1 fully saturated rings. The van der Waals surface area contributed by atoms with Crippen LogP contribution in [-0.4, -0.2) is 29.5 Å². The van der Waals surface area contributed by atoms with Crippen molar-refractivity contribution in [2.45, 2.75) is 51.5 Å². The Morgan fingerprint density at radius 1 is 1.10 bits per heavy atom. The first-order valence-electron chi connectivity index (χ1n) is 10.5. The normalized spacial score (nSPS) is 15.0. The van der Waals surface area contributed by atoms with Crippen LogP contribution in [0.3, 0.4) is 0 Å². The third-order valence-electron chi connectivity index (χ3n) is 5.48. The standard InChI is InChI=1S/C24H26N2O4/c1-16-12-13-22(30-16)21-14-19(18-10-6-7-11-20(18)26-21)24(28)29-15-23(27)25-17-8-4-2-3-5-9-17/h6-7,10-14,17H,2-5,8-9,15H2,1H3,(H,25,27). The lowest BCUT2D eigenvalue weighted by Gasteiger charge is -2.16. The van der Waals surface area contributed by atoms with Crippen LogP contribution in [0.5, 0.6) is 0 Å². The van der Waals surface area contributed by atoms with E-state index >= 15 is 0 Å². The number of carbonyl (C=O) groups excluding carboxylic acids is 2. The molecule has 0 aliphatic heterocycles. The minimum absolute atomic E-state index is 0.175.